The predicted octanol–water partition coefficient (Wildman–Crippen LogP) is 0.963. The number of aromatic hydroxyl groups is 1. The molecule has 25 heavy (non-hydrogen) atoms. The van der Waals surface area contributed by atoms with Crippen LogP contribution in [0.15, 0.2) is 41.3 Å². The summed E-state index contributed by atoms with van der Waals surface area (Å²) in [7, 11) is 0. The van der Waals surface area contributed by atoms with Gasteiger partial charge in [-0.05, 0) is 17.7 Å². The van der Waals surface area contributed by atoms with E-state index in [1.165, 1.54) is 12.3 Å². The van der Waals surface area contributed by atoms with Crippen molar-refractivity contribution >= 4 is 5.91 Å². The first-order valence-corrected chi connectivity index (χ1v) is 7.23. The summed E-state index contributed by atoms with van der Waals surface area (Å²) in [6.45, 7) is 0.365. The Morgan fingerprint density at radius 1 is 1.36 bits per heavy atom. The van der Waals surface area contributed by atoms with E-state index >= 15 is 0 Å². The minimum atomic E-state index is -0.277. The van der Waals surface area contributed by atoms with Crippen LogP contribution in [0.1, 0.15) is 17.0 Å². The molecular weight excluding hydrogens is 324 g/mol. The molecule has 9 nitrogen and oxygen atoms in total. The summed E-state index contributed by atoms with van der Waals surface area (Å²) in [4.78, 5) is 23.8. The lowest BCUT2D eigenvalue weighted by Gasteiger charge is -2.02. The number of carbonyl (C=O) groups excluding carboxylic acids is 1. The lowest BCUT2D eigenvalue weighted by atomic mass is 10.2. The van der Waals surface area contributed by atoms with E-state index < -0.39 is 0 Å². The molecule has 0 saturated carbocycles. The van der Waals surface area contributed by atoms with Gasteiger partial charge in [0.2, 0.25) is 5.91 Å². The van der Waals surface area contributed by atoms with Crippen molar-refractivity contribution in [1.29, 1.82) is 5.26 Å². The second kappa shape index (κ2) is 7.18. The van der Waals surface area contributed by atoms with E-state index in [0.29, 0.717) is 6.54 Å². The van der Waals surface area contributed by atoms with E-state index in [9.17, 15) is 9.90 Å². The maximum Gasteiger partial charge on any atom is 0.280 e. The molecule has 0 fully saturated rings. The summed E-state index contributed by atoms with van der Waals surface area (Å²) in [5.41, 5.74) is 1.18. The molecule has 0 spiro atoms. The van der Waals surface area contributed by atoms with Crippen LogP contribution in [0.5, 0.6) is 5.75 Å². The number of hydrogen-bond donors (Lipinski definition) is 2. The number of hydrogen-bond acceptors (Lipinski definition) is 8. The molecule has 3 heterocycles. The van der Waals surface area contributed by atoms with Crippen molar-refractivity contribution < 1.29 is 14.4 Å². The molecule has 0 unspecified atom stereocenters. The summed E-state index contributed by atoms with van der Waals surface area (Å²) in [5.74, 6) is -0.399. The smallest absolute Gasteiger partial charge is 0.280 e. The number of nitrogens with one attached hydrogen (secondary N) is 1. The van der Waals surface area contributed by atoms with Gasteiger partial charge in [-0.2, -0.15) is 10.2 Å². The maximum absolute atomic E-state index is 11.9. The van der Waals surface area contributed by atoms with Crippen LogP contribution < -0.4 is 5.32 Å². The van der Waals surface area contributed by atoms with Crippen LogP contribution in [0.3, 0.4) is 0 Å². The second-order valence-corrected chi connectivity index (χ2v) is 5.03. The second-order valence-electron chi connectivity index (χ2n) is 5.03. The highest BCUT2D eigenvalue weighted by Gasteiger charge is 2.16. The Labute approximate surface area is 142 Å². The predicted molar refractivity (Wildman–Crippen MR) is 83.7 cm³/mol. The first-order valence-electron chi connectivity index (χ1n) is 7.23. The van der Waals surface area contributed by atoms with Crippen molar-refractivity contribution in [1.82, 2.24) is 25.4 Å². The summed E-state index contributed by atoms with van der Waals surface area (Å²) in [6.07, 6.45) is 4.49. The first kappa shape index (κ1) is 16.1. The molecule has 0 aromatic carbocycles. The SMILES string of the molecule is N#Cc1cnc(-c2nc(CC(=O)NCc3ccncc3)no2)c(O)c1. The van der Waals surface area contributed by atoms with Crippen LogP contribution >= 0.6 is 0 Å². The van der Waals surface area contributed by atoms with Crippen molar-refractivity contribution in [2.75, 3.05) is 0 Å². The Bertz CT molecular complexity index is 933. The molecule has 124 valence electrons. The lowest BCUT2D eigenvalue weighted by Crippen LogP contribution is -2.24. The summed E-state index contributed by atoms with van der Waals surface area (Å²) < 4.78 is 5.01. The van der Waals surface area contributed by atoms with Gasteiger partial charge < -0.3 is 14.9 Å². The molecule has 0 saturated heterocycles. The molecule has 0 aliphatic heterocycles. The molecule has 0 bridgehead atoms. The molecule has 3 aromatic heterocycles. The van der Waals surface area contributed by atoms with Crippen LogP contribution in [0.4, 0.5) is 0 Å². The van der Waals surface area contributed by atoms with Gasteiger partial charge in [-0.1, -0.05) is 5.16 Å². The van der Waals surface area contributed by atoms with Gasteiger partial charge in [-0.15, -0.1) is 0 Å². The molecule has 9 heteroatoms. The normalized spacial score (nSPS) is 10.2. The molecule has 0 radical (unpaired) electrons. The Morgan fingerprint density at radius 2 is 2.16 bits per heavy atom. The Hall–Kier alpha value is -3.80. The van der Waals surface area contributed by atoms with Gasteiger partial charge in [0.05, 0.1) is 12.0 Å². The average molecular weight is 336 g/mol. The molecule has 0 aliphatic rings. The van der Waals surface area contributed by atoms with Crippen molar-refractivity contribution in [2.24, 2.45) is 0 Å². The zero-order valence-electron chi connectivity index (χ0n) is 12.9. The molecular formula is C16H12N6O3. The van der Waals surface area contributed by atoms with Crippen molar-refractivity contribution in [3.8, 4) is 23.4 Å². The third-order valence-corrected chi connectivity index (χ3v) is 3.23. The number of rotatable bonds is 5. The summed E-state index contributed by atoms with van der Waals surface area (Å²) >= 11 is 0. The van der Waals surface area contributed by atoms with Crippen LogP contribution in [0.25, 0.3) is 11.6 Å². The van der Waals surface area contributed by atoms with E-state index in [1.807, 2.05) is 6.07 Å². The maximum atomic E-state index is 11.9. The minimum absolute atomic E-state index is 0.0288. The highest BCUT2D eigenvalue weighted by atomic mass is 16.5. The zero-order chi connectivity index (χ0) is 17.6. The van der Waals surface area contributed by atoms with Crippen LogP contribution in [-0.4, -0.2) is 31.1 Å². The van der Waals surface area contributed by atoms with Gasteiger partial charge in [0.1, 0.15) is 11.8 Å². The first-order chi connectivity index (χ1) is 12.2. The third kappa shape index (κ3) is 3.94. The molecule has 3 aromatic rings. The number of carbonyl (C=O) groups is 1. The van der Waals surface area contributed by atoms with Crippen LogP contribution in [0.2, 0.25) is 0 Å². The fourth-order valence-electron chi connectivity index (χ4n) is 2.01. The average Bonchev–Trinajstić information content (AvgIpc) is 3.08. The topological polar surface area (TPSA) is 138 Å². The van der Waals surface area contributed by atoms with E-state index in [4.69, 9.17) is 9.78 Å². The van der Waals surface area contributed by atoms with Crippen molar-refractivity contribution in [3.05, 3.63) is 53.7 Å². The number of aromatic nitrogens is 4. The molecule has 1 amide bonds. The number of amides is 1. The van der Waals surface area contributed by atoms with Gasteiger partial charge in [0.25, 0.3) is 5.89 Å². The van der Waals surface area contributed by atoms with E-state index in [1.54, 1.807) is 24.5 Å². The van der Waals surface area contributed by atoms with Crippen molar-refractivity contribution in [2.45, 2.75) is 13.0 Å². The summed E-state index contributed by atoms with van der Waals surface area (Å²) in [5, 5.41) is 25.0. The van der Waals surface area contributed by atoms with Crippen LogP contribution in [0, 0.1) is 11.3 Å². The van der Waals surface area contributed by atoms with Crippen LogP contribution in [-0.2, 0) is 17.8 Å². The quantitative estimate of drug-likeness (QED) is 0.702. The van der Waals surface area contributed by atoms with Gasteiger partial charge in [0, 0.05) is 31.2 Å². The number of nitriles is 1. The van der Waals surface area contributed by atoms with Gasteiger partial charge in [0.15, 0.2) is 11.5 Å². The lowest BCUT2D eigenvalue weighted by molar-refractivity contribution is -0.120. The number of nitrogens with zero attached hydrogens (tertiary/aromatic N) is 5. The number of pyridine rings is 2. The Morgan fingerprint density at radius 3 is 2.88 bits per heavy atom. The highest BCUT2D eigenvalue weighted by Crippen LogP contribution is 2.25. The van der Waals surface area contributed by atoms with Gasteiger partial charge in [-0.3, -0.25) is 9.78 Å². The molecule has 0 atom stereocenters. The monoisotopic (exact) mass is 336 g/mol. The van der Waals surface area contributed by atoms with E-state index in [2.05, 4.69) is 25.4 Å². The van der Waals surface area contributed by atoms with E-state index in [-0.39, 0.29) is 41.1 Å². The Kier molecular flexibility index (Phi) is 4.62. The third-order valence-electron chi connectivity index (χ3n) is 3.23. The van der Waals surface area contributed by atoms with Gasteiger partial charge >= 0.3 is 0 Å². The fourth-order valence-corrected chi connectivity index (χ4v) is 2.01. The van der Waals surface area contributed by atoms with E-state index in [0.717, 1.165) is 5.56 Å². The summed E-state index contributed by atoms with van der Waals surface area (Å²) in [6, 6.07) is 6.70. The molecule has 2 N–H and O–H groups in total. The molecule has 3 rings (SSSR count). The van der Waals surface area contributed by atoms with Crippen molar-refractivity contribution in [3.63, 3.8) is 0 Å². The van der Waals surface area contributed by atoms with Gasteiger partial charge in [-0.25, -0.2) is 4.98 Å². The molecule has 0 aliphatic carbocycles. The fraction of sp³-hybridized carbons (Fsp3) is 0.125. The highest BCUT2D eigenvalue weighted by molar-refractivity contribution is 5.77. The minimum Gasteiger partial charge on any atom is -0.505 e. The Balaban J connectivity index is 1.63. The zero-order valence-corrected chi connectivity index (χ0v) is 12.9. The standard InChI is InChI=1S/C16H12N6O3/c17-7-11-5-12(23)15(20-9-11)16-21-13(22-25-16)6-14(24)19-8-10-1-3-18-4-2-10/h1-5,9,23H,6,8H2,(H,19,24). The largest absolute Gasteiger partial charge is 0.505 e.